The van der Waals surface area contributed by atoms with Crippen molar-refractivity contribution < 1.29 is 0 Å². The summed E-state index contributed by atoms with van der Waals surface area (Å²) in [6.07, 6.45) is 6.32. The standard InChI is InChI=1S/C13H22N4/c1-3-10-11-15-16-12(17(11)9-8-14-10)13(2)6-4-5-7-13/h10,14H,3-9H2,1-2H3. The van der Waals surface area contributed by atoms with E-state index in [0.717, 1.165) is 25.3 Å². The van der Waals surface area contributed by atoms with Crippen molar-refractivity contribution in [1.29, 1.82) is 0 Å². The molecule has 3 rings (SSSR count). The van der Waals surface area contributed by atoms with Gasteiger partial charge in [-0.15, -0.1) is 10.2 Å². The Labute approximate surface area is 103 Å². The van der Waals surface area contributed by atoms with Gasteiger partial charge in [-0.2, -0.15) is 0 Å². The van der Waals surface area contributed by atoms with E-state index in [4.69, 9.17) is 0 Å². The first-order chi connectivity index (χ1) is 8.24. The average molecular weight is 234 g/mol. The summed E-state index contributed by atoms with van der Waals surface area (Å²) in [7, 11) is 0. The summed E-state index contributed by atoms with van der Waals surface area (Å²) in [6.45, 7) is 6.65. The van der Waals surface area contributed by atoms with Gasteiger partial charge in [0.25, 0.3) is 0 Å². The third kappa shape index (κ3) is 1.69. The van der Waals surface area contributed by atoms with Crippen LogP contribution < -0.4 is 5.32 Å². The summed E-state index contributed by atoms with van der Waals surface area (Å²) in [5.41, 5.74) is 0.279. The summed E-state index contributed by atoms with van der Waals surface area (Å²) in [5.74, 6) is 2.40. The fourth-order valence-corrected chi connectivity index (χ4v) is 3.39. The first-order valence-corrected chi connectivity index (χ1v) is 6.91. The Morgan fingerprint density at radius 1 is 1.35 bits per heavy atom. The van der Waals surface area contributed by atoms with Gasteiger partial charge in [0.2, 0.25) is 0 Å². The molecule has 17 heavy (non-hydrogen) atoms. The van der Waals surface area contributed by atoms with E-state index < -0.39 is 0 Å². The highest BCUT2D eigenvalue weighted by atomic mass is 15.3. The van der Waals surface area contributed by atoms with E-state index >= 15 is 0 Å². The molecule has 1 aromatic rings. The molecule has 2 aliphatic rings. The van der Waals surface area contributed by atoms with Crippen molar-refractivity contribution in [1.82, 2.24) is 20.1 Å². The molecule has 0 bridgehead atoms. The van der Waals surface area contributed by atoms with Crippen LogP contribution in [0, 0.1) is 0 Å². The summed E-state index contributed by atoms with van der Waals surface area (Å²) in [6, 6.07) is 0.398. The SMILES string of the molecule is CCC1NCCn2c1nnc2C1(C)CCCC1. The van der Waals surface area contributed by atoms with Crippen LogP contribution in [0.1, 0.15) is 63.6 Å². The Morgan fingerprint density at radius 3 is 2.82 bits per heavy atom. The minimum atomic E-state index is 0.279. The van der Waals surface area contributed by atoms with Crippen LogP contribution in [0.25, 0.3) is 0 Å². The van der Waals surface area contributed by atoms with Crippen LogP contribution in [-0.4, -0.2) is 21.3 Å². The average Bonchev–Trinajstić information content (AvgIpc) is 2.95. The molecule has 0 amide bonds. The third-order valence-corrected chi connectivity index (χ3v) is 4.47. The van der Waals surface area contributed by atoms with Crippen molar-refractivity contribution in [2.75, 3.05) is 6.54 Å². The molecule has 1 aromatic heterocycles. The molecule has 1 N–H and O–H groups in total. The monoisotopic (exact) mass is 234 g/mol. The number of nitrogens with zero attached hydrogens (tertiary/aromatic N) is 3. The fourth-order valence-electron chi connectivity index (χ4n) is 3.39. The highest BCUT2D eigenvalue weighted by Crippen LogP contribution is 2.40. The Hall–Kier alpha value is -0.900. The van der Waals surface area contributed by atoms with Crippen LogP contribution in [-0.2, 0) is 12.0 Å². The van der Waals surface area contributed by atoms with Crippen molar-refractivity contribution in [3.63, 3.8) is 0 Å². The first-order valence-electron chi connectivity index (χ1n) is 6.91. The molecule has 0 saturated heterocycles. The molecule has 4 nitrogen and oxygen atoms in total. The molecule has 94 valence electrons. The highest BCUT2D eigenvalue weighted by Gasteiger charge is 2.37. The van der Waals surface area contributed by atoms with Crippen LogP contribution in [0.2, 0.25) is 0 Å². The highest BCUT2D eigenvalue weighted by molar-refractivity contribution is 5.14. The smallest absolute Gasteiger partial charge is 0.150 e. The zero-order valence-corrected chi connectivity index (χ0v) is 10.9. The first kappa shape index (κ1) is 11.2. The topological polar surface area (TPSA) is 42.7 Å². The van der Waals surface area contributed by atoms with Crippen LogP contribution in [0.5, 0.6) is 0 Å². The van der Waals surface area contributed by atoms with Gasteiger partial charge >= 0.3 is 0 Å². The second-order valence-electron chi connectivity index (χ2n) is 5.72. The molecule has 0 aromatic carbocycles. The van der Waals surface area contributed by atoms with Gasteiger partial charge in [0, 0.05) is 18.5 Å². The van der Waals surface area contributed by atoms with E-state index in [1.807, 2.05) is 0 Å². The minimum absolute atomic E-state index is 0.279. The van der Waals surface area contributed by atoms with Crippen LogP contribution >= 0.6 is 0 Å². The Morgan fingerprint density at radius 2 is 2.12 bits per heavy atom. The lowest BCUT2D eigenvalue weighted by Crippen LogP contribution is -2.35. The number of hydrogen-bond acceptors (Lipinski definition) is 3. The van der Waals surface area contributed by atoms with Crippen LogP contribution in [0.15, 0.2) is 0 Å². The van der Waals surface area contributed by atoms with E-state index in [0.29, 0.717) is 6.04 Å². The van der Waals surface area contributed by atoms with E-state index in [1.165, 1.54) is 31.5 Å². The Balaban J connectivity index is 1.99. The predicted molar refractivity (Wildman–Crippen MR) is 66.9 cm³/mol. The number of nitrogens with one attached hydrogen (secondary N) is 1. The van der Waals surface area contributed by atoms with Gasteiger partial charge in [-0.25, -0.2) is 0 Å². The Kier molecular flexibility index (Phi) is 2.69. The molecule has 1 aliphatic carbocycles. The van der Waals surface area contributed by atoms with Gasteiger partial charge in [0.15, 0.2) is 0 Å². The lowest BCUT2D eigenvalue weighted by atomic mass is 9.87. The lowest BCUT2D eigenvalue weighted by Gasteiger charge is -2.28. The summed E-state index contributed by atoms with van der Waals surface area (Å²) in [5, 5.41) is 12.5. The quantitative estimate of drug-likeness (QED) is 0.852. The molecular weight excluding hydrogens is 212 g/mol. The van der Waals surface area contributed by atoms with Crippen molar-refractivity contribution in [3.8, 4) is 0 Å². The minimum Gasteiger partial charge on any atom is -0.312 e. The summed E-state index contributed by atoms with van der Waals surface area (Å²) >= 11 is 0. The van der Waals surface area contributed by atoms with Crippen LogP contribution in [0.3, 0.4) is 0 Å². The number of aromatic nitrogens is 3. The largest absolute Gasteiger partial charge is 0.312 e. The van der Waals surface area contributed by atoms with E-state index in [1.54, 1.807) is 0 Å². The molecule has 0 radical (unpaired) electrons. The number of hydrogen-bond donors (Lipinski definition) is 1. The molecule has 1 saturated carbocycles. The zero-order chi connectivity index (χ0) is 11.9. The van der Waals surface area contributed by atoms with Gasteiger partial charge in [-0.3, -0.25) is 0 Å². The van der Waals surface area contributed by atoms with Crippen LogP contribution in [0.4, 0.5) is 0 Å². The maximum Gasteiger partial charge on any atom is 0.150 e. The van der Waals surface area contributed by atoms with Crippen molar-refractivity contribution >= 4 is 0 Å². The number of fused-ring (bicyclic) bond motifs is 1. The molecule has 1 atom stereocenters. The van der Waals surface area contributed by atoms with E-state index in [2.05, 4.69) is 33.9 Å². The van der Waals surface area contributed by atoms with Gasteiger partial charge in [0.1, 0.15) is 11.6 Å². The van der Waals surface area contributed by atoms with Gasteiger partial charge in [-0.1, -0.05) is 26.7 Å². The van der Waals surface area contributed by atoms with Crippen molar-refractivity contribution in [3.05, 3.63) is 11.6 Å². The zero-order valence-electron chi connectivity index (χ0n) is 10.9. The van der Waals surface area contributed by atoms with Gasteiger partial charge in [0.05, 0.1) is 6.04 Å². The second kappa shape index (κ2) is 4.09. The molecular formula is C13H22N4. The predicted octanol–water partition coefficient (Wildman–Crippen LogP) is 2.16. The van der Waals surface area contributed by atoms with Gasteiger partial charge < -0.3 is 9.88 Å². The fraction of sp³-hybridized carbons (Fsp3) is 0.846. The molecule has 1 unspecified atom stereocenters. The summed E-state index contributed by atoms with van der Waals surface area (Å²) < 4.78 is 2.38. The molecule has 4 heteroatoms. The Bertz CT molecular complexity index is 404. The van der Waals surface area contributed by atoms with E-state index in [-0.39, 0.29) is 5.41 Å². The molecule has 2 heterocycles. The molecule has 0 spiro atoms. The maximum atomic E-state index is 4.52. The van der Waals surface area contributed by atoms with E-state index in [9.17, 15) is 0 Å². The van der Waals surface area contributed by atoms with Crippen molar-refractivity contribution in [2.45, 2.75) is 64.0 Å². The van der Waals surface area contributed by atoms with Gasteiger partial charge in [-0.05, 0) is 19.3 Å². The van der Waals surface area contributed by atoms with Crippen molar-refractivity contribution in [2.24, 2.45) is 0 Å². The summed E-state index contributed by atoms with van der Waals surface area (Å²) in [4.78, 5) is 0. The second-order valence-corrected chi connectivity index (χ2v) is 5.72. The number of rotatable bonds is 2. The lowest BCUT2D eigenvalue weighted by molar-refractivity contribution is 0.370. The normalized spacial score (nSPS) is 27.1. The molecule has 1 fully saturated rings. The molecule has 1 aliphatic heterocycles. The maximum absolute atomic E-state index is 4.52. The third-order valence-electron chi connectivity index (χ3n) is 4.47.